The highest BCUT2D eigenvalue weighted by atomic mass is 16.5. The molecule has 0 amide bonds. The highest BCUT2D eigenvalue weighted by Crippen LogP contribution is 2.55. The fourth-order valence-electron chi connectivity index (χ4n) is 7.86. The summed E-state index contributed by atoms with van der Waals surface area (Å²) < 4.78 is 15.4. The van der Waals surface area contributed by atoms with Gasteiger partial charge < -0.3 is 39.6 Å². The van der Waals surface area contributed by atoms with Crippen molar-refractivity contribution in [1.29, 1.82) is 0 Å². The largest absolute Gasteiger partial charge is 0.481 e. The second kappa shape index (κ2) is 14.2. The van der Waals surface area contributed by atoms with Gasteiger partial charge in [-0.25, -0.2) is 4.79 Å². The van der Waals surface area contributed by atoms with Crippen LogP contribution in [0, 0.1) is 32.1 Å². The number of allylic oxidation sites excluding steroid dienone is 4. The number of aliphatic carboxylic acids is 1. The Labute approximate surface area is 306 Å². The lowest BCUT2D eigenvalue weighted by atomic mass is 9.64. The number of H-pyrrole nitrogens is 3. The van der Waals surface area contributed by atoms with E-state index in [0.717, 1.165) is 61.0 Å². The summed E-state index contributed by atoms with van der Waals surface area (Å²) in [6, 6.07) is 0. The van der Waals surface area contributed by atoms with Crippen molar-refractivity contribution < 1.29 is 38.5 Å². The summed E-state index contributed by atoms with van der Waals surface area (Å²) in [4.78, 5) is 61.6. The average molecular weight is 721 g/mol. The van der Waals surface area contributed by atoms with E-state index >= 15 is 0 Å². The molecule has 2 atom stereocenters. The summed E-state index contributed by atoms with van der Waals surface area (Å²) in [5.41, 5.74) is 9.45. The Bertz CT molecular complexity index is 2340. The van der Waals surface area contributed by atoms with Crippen LogP contribution in [0.1, 0.15) is 75.9 Å². The van der Waals surface area contributed by atoms with Crippen LogP contribution in [0.3, 0.4) is 0 Å². The number of ether oxygens (including phenoxy) is 3. The third-order valence-electron chi connectivity index (χ3n) is 10.9. The maximum Gasteiger partial charge on any atom is 0.334 e. The van der Waals surface area contributed by atoms with E-state index in [4.69, 9.17) is 14.2 Å². The van der Waals surface area contributed by atoms with Crippen LogP contribution in [0.4, 0.5) is 0 Å². The Morgan fingerprint density at radius 3 is 2.13 bits per heavy atom. The second-order valence-electron chi connectivity index (χ2n) is 13.7. The lowest BCUT2D eigenvalue weighted by Crippen LogP contribution is -2.40. The van der Waals surface area contributed by atoms with Crippen LogP contribution in [0.2, 0.25) is 0 Å². The molecule has 1 saturated heterocycles. The Hall–Kier alpha value is -6.04. The molecule has 12 nitrogen and oxygen atoms in total. The van der Waals surface area contributed by atoms with Crippen molar-refractivity contribution >= 4 is 54.3 Å². The fraction of sp³-hybridized carbons (Fsp3) is 0.317. The van der Waals surface area contributed by atoms with Crippen LogP contribution < -0.4 is 16.0 Å². The number of carboxylic acid groups (broad SMARTS) is 1. The van der Waals surface area contributed by atoms with Gasteiger partial charge in [-0.2, -0.15) is 0 Å². The van der Waals surface area contributed by atoms with Gasteiger partial charge in [0, 0.05) is 63.3 Å². The molecule has 0 spiro atoms. The van der Waals surface area contributed by atoms with Crippen LogP contribution in [0.15, 0.2) is 41.3 Å². The minimum absolute atomic E-state index is 0.0976. The summed E-state index contributed by atoms with van der Waals surface area (Å²) >= 11 is 0. The number of aromatic nitrogens is 3. The molecule has 3 aromatic heterocycles. The Morgan fingerprint density at radius 2 is 1.47 bits per heavy atom. The number of methoxy groups -OCH3 is 3. The zero-order chi connectivity index (χ0) is 38.4. The summed E-state index contributed by atoms with van der Waals surface area (Å²) in [5, 5.41) is 14.9. The Kier molecular flexibility index (Phi) is 9.83. The number of fused-ring (bicyclic) bond motifs is 11. The van der Waals surface area contributed by atoms with E-state index in [9.17, 15) is 24.3 Å². The topological polar surface area (TPSA) is 176 Å². The predicted molar refractivity (Wildman–Crippen MR) is 200 cm³/mol. The van der Waals surface area contributed by atoms with Gasteiger partial charge >= 0.3 is 23.9 Å². The van der Waals surface area contributed by atoms with Crippen molar-refractivity contribution in [3.8, 4) is 0 Å². The third-order valence-corrected chi connectivity index (χ3v) is 10.9. The minimum Gasteiger partial charge on any atom is -0.481 e. The fourth-order valence-corrected chi connectivity index (χ4v) is 7.86. The molecule has 8 bridgehead atoms. The molecule has 53 heavy (non-hydrogen) atoms. The number of nitrogens with one attached hydrogen (secondary N) is 4. The van der Waals surface area contributed by atoms with Crippen LogP contribution in [-0.4, -0.2) is 65.3 Å². The van der Waals surface area contributed by atoms with Gasteiger partial charge in [0.05, 0.1) is 32.3 Å². The van der Waals surface area contributed by atoms with E-state index in [0.29, 0.717) is 29.2 Å². The highest BCUT2D eigenvalue weighted by Gasteiger charge is 2.55. The molecule has 276 valence electrons. The van der Waals surface area contributed by atoms with Crippen molar-refractivity contribution in [2.45, 2.75) is 53.4 Å². The molecule has 0 radical (unpaired) electrons. The quantitative estimate of drug-likeness (QED) is 0.161. The van der Waals surface area contributed by atoms with Crippen molar-refractivity contribution in [3.63, 3.8) is 0 Å². The van der Waals surface area contributed by atoms with Gasteiger partial charge in [-0.3, -0.25) is 14.4 Å². The van der Waals surface area contributed by atoms with Crippen molar-refractivity contribution in [3.05, 3.63) is 108 Å². The zero-order valence-electron chi connectivity index (χ0n) is 31.0. The minimum atomic E-state index is -1.11. The van der Waals surface area contributed by atoms with Gasteiger partial charge in [-0.05, 0) is 98.2 Å². The van der Waals surface area contributed by atoms with Gasteiger partial charge in [-0.15, -0.1) is 0 Å². The smallest absolute Gasteiger partial charge is 0.334 e. The SMILES string of the molecule is C=Cc1c2[nH]c(c1C)C=C1NC(=Cc3[nH]c(c(CCC(=O)O)c3C)C=c3[nH]c(c(C)c3CCC(=O)OC)=C2)[C@]2(C)C1=CC=C(C(=O)OC)[C@@H]2C(=O)OC. The molecule has 3 aromatic rings. The number of hydrogen-bond acceptors (Lipinski definition) is 8. The first-order valence-electron chi connectivity index (χ1n) is 17.3. The molecule has 1 fully saturated rings. The Morgan fingerprint density at radius 1 is 0.792 bits per heavy atom. The molecule has 6 rings (SSSR count). The third kappa shape index (κ3) is 6.28. The molecule has 0 aromatic carbocycles. The number of carbonyl (C=O) groups is 4. The monoisotopic (exact) mass is 720 g/mol. The number of hydrogen-bond donors (Lipinski definition) is 5. The second-order valence-corrected chi connectivity index (χ2v) is 13.7. The molecule has 3 aliphatic rings. The van der Waals surface area contributed by atoms with Crippen LogP contribution in [0.25, 0.3) is 30.4 Å². The van der Waals surface area contributed by atoms with Gasteiger partial charge in [0.15, 0.2) is 0 Å². The van der Waals surface area contributed by atoms with Gasteiger partial charge in [-0.1, -0.05) is 24.8 Å². The molecule has 0 saturated carbocycles. The van der Waals surface area contributed by atoms with Crippen molar-refractivity contribution in [2.24, 2.45) is 11.3 Å². The number of rotatable bonds is 9. The lowest BCUT2D eigenvalue weighted by Gasteiger charge is -2.36. The van der Waals surface area contributed by atoms with E-state index in [1.807, 2.05) is 58.1 Å². The molecular formula is C41H44N4O8. The van der Waals surface area contributed by atoms with E-state index in [2.05, 4.69) is 26.8 Å². The molecule has 5 heterocycles. The Balaban J connectivity index is 1.72. The normalized spacial score (nSPS) is 18.5. The molecule has 12 heteroatoms. The van der Waals surface area contributed by atoms with Gasteiger partial charge in [0.2, 0.25) is 0 Å². The standard InChI is InChI=1S/C41H44N4O8/c1-9-23-20(2)29-17-34-27-13-10-26(39(49)52-7)38(40(50)53-8)41(27,5)35(45-34)19-30-22(4)24(11-14-36(46)47)32(44-30)18-33-25(12-15-37(48)51-6)21(3)28(43-33)16-31(23)42-29/h9-10,13,16-19,38,42-45H,1,11-12,14-15H2,2-8H3,(H,46,47)/t38-,41+/m1/s1. The molecular weight excluding hydrogens is 676 g/mol. The van der Waals surface area contributed by atoms with Gasteiger partial charge in [0.1, 0.15) is 5.92 Å². The van der Waals surface area contributed by atoms with E-state index in [-0.39, 0.29) is 30.8 Å². The number of esters is 3. The first kappa shape index (κ1) is 36.7. The predicted octanol–water partition coefficient (Wildman–Crippen LogP) is 4.15. The maximum absolute atomic E-state index is 13.7. The number of carboxylic acids is 1. The zero-order valence-corrected chi connectivity index (χ0v) is 31.0. The van der Waals surface area contributed by atoms with E-state index in [1.165, 1.54) is 21.3 Å². The summed E-state index contributed by atoms with van der Waals surface area (Å²) in [5.74, 6) is -3.57. The lowest BCUT2D eigenvalue weighted by molar-refractivity contribution is -0.150. The highest BCUT2D eigenvalue weighted by molar-refractivity contribution is 5.98. The number of carbonyl (C=O) groups excluding carboxylic acids is 3. The summed E-state index contributed by atoms with van der Waals surface area (Å²) in [6.07, 6.45) is 13.8. The number of aromatic amines is 3. The van der Waals surface area contributed by atoms with Crippen molar-refractivity contribution in [2.75, 3.05) is 21.3 Å². The van der Waals surface area contributed by atoms with Crippen LogP contribution in [0.5, 0.6) is 0 Å². The maximum atomic E-state index is 13.7. The molecule has 5 N–H and O–H groups in total. The van der Waals surface area contributed by atoms with E-state index < -0.39 is 29.2 Å². The molecule has 2 aliphatic heterocycles. The van der Waals surface area contributed by atoms with E-state index in [1.54, 1.807) is 12.2 Å². The summed E-state index contributed by atoms with van der Waals surface area (Å²) in [6.45, 7) is 11.9. The molecule has 0 unspecified atom stereocenters. The first-order chi connectivity index (χ1) is 25.3. The first-order valence-corrected chi connectivity index (χ1v) is 17.3. The molecule has 1 aliphatic carbocycles. The van der Waals surface area contributed by atoms with Gasteiger partial charge in [0.25, 0.3) is 0 Å². The average Bonchev–Trinajstić information content (AvgIpc) is 3.79. The van der Waals surface area contributed by atoms with Crippen LogP contribution >= 0.6 is 0 Å². The van der Waals surface area contributed by atoms with Crippen LogP contribution in [-0.2, 0) is 46.2 Å². The summed E-state index contributed by atoms with van der Waals surface area (Å²) in [7, 11) is 3.93. The van der Waals surface area contributed by atoms with Crippen molar-refractivity contribution in [1.82, 2.24) is 20.3 Å².